The van der Waals surface area contributed by atoms with E-state index < -0.39 is 0 Å². The van der Waals surface area contributed by atoms with Crippen LogP contribution < -0.4 is 0 Å². The van der Waals surface area contributed by atoms with Gasteiger partial charge < -0.3 is 4.42 Å². The van der Waals surface area contributed by atoms with Crippen LogP contribution in [0.25, 0.3) is 133 Å². The van der Waals surface area contributed by atoms with E-state index in [1.54, 1.807) is 0 Å². The van der Waals surface area contributed by atoms with Crippen LogP contribution in [0, 0.1) is 11.3 Å². The highest BCUT2D eigenvalue weighted by Gasteiger charge is 2.18. The van der Waals surface area contributed by atoms with E-state index in [1.807, 2.05) is 84.9 Å². The highest BCUT2D eigenvalue weighted by Crippen LogP contribution is 2.43. The van der Waals surface area contributed by atoms with E-state index in [9.17, 15) is 5.26 Å². The molecule has 0 saturated heterocycles. The third-order valence-corrected chi connectivity index (χ3v) is 13.2. The van der Waals surface area contributed by atoms with Crippen LogP contribution in [-0.2, 0) is 0 Å². The smallest absolute Gasteiger partial charge is 0.164 e. The summed E-state index contributed by atoms with van der Waals surface area (Å²) in [5.74, 6) is 1.80. The molecule has 67 heavy (non-hydrogen) atoms. The lowest BCUT2D eigenvalue weighted by molar-refractivity contribution is 0.669. The molecule has 0 N–H and O–H groups in total. The second-order valence-corrected chi connectivity index (χ2v) is 17.0. The fourth-order valence-corrected chi connectivity index (χ4v) is 9.95. The summed E-state index contributed by atoms with van der Waals surface area (Å²) in [5, 5.41) is 21.0. The average Bonchev–Trinajstić information content (AvgIpc) is 3.78. The van der Waals surface area contributed by atoms with Crippen molar-refractivity contribution in [2.24, 2.45) is 0 Å². The lowest BCUT2D eigenvalue weighted by Gasteiger charge is -2.17. The Balaban J connectivity index is 0.942. The summed E-state index contributed by atoms with van der Waals surface area (Å²) in [7, 11) is 0. The summed E-state index contributed by atoms with van der Waals surface area (Å²) in [5.41, 5.74) is 11.8. The molecule has 5 nitrogen and oxygen atoms in total. The minimum absolute atomic E-state index is 0.595. The first kappa shape index (κ1) is 38.2. The number of rotatable bonds is 6. The maximum Gasteiger partial charge on any atom is 0.164 e. The Kier molecular flexibility index (Phi) is 8.84. The lowest BCUT2D eigenvalue weighted by atomic mass is 9.87. The number of nitrogens with zero attached hydrogens (tertiary/aromatic N) is 4. The lowest BCUT2D eigenvalue weighted by Crippen LogP contribution is -2.00. The largest absolute Gasteiger partial charge is 0.456 e. The van der Waals surface area contributed by atoms with Gasteiger partial charge in [-0.3, -0.25) is 0 Å². The van der Waals surface area contributed by atoms with Gasteiger partial charge in [0.05, 0.1) is 11.6 Å². The second-order valence-electron chi connectivity index (χ2n) is 17.0. The summed E-state index contributed by atoms with van der Waals surface area (Å²) >= 11 is 0. The van der Waals surface area contributed by atoms with Gasteiger partial charge in [0.15, 0.2) is 17.5 Å². The van der Waals surface area contributed by atoms with Crippen LogP contribution in [0.1, 0.15) is 5.56 Å². The molecule has 0 aliphatic rings. The summed E-state index contributed by atoms with van der Waals surface area (Å²) < 4.78 is 6.17. The Bertz CT molecular complexity index is 4170. The van der Waals surface area contributed by atoms with Crippen LogP contribution in [0.4, 0.5) is 0 Å². The van der Waals surface area contributed by atoms with Gasteiger partial charge in [-0.15, -0.1) is 0 Å². The van der Waals surface area contributed by atoms with Gasteiger partial charge in [0.1, 0.15) is 11.2 Å². The van der Waals surface area contributed by atoms with Crippen molar-refractivity contribution >= 4 is 65.0 Å². The highest BCUT2D eigenvalue weighted by atomic mass is 16.3. The minimum Gasteiger partial charge on any atom is -0.456 e. The van der Waals surface area contributed by atoms with E-state index in [0.717, 1.165) is 77.2 Å². The maximum absolute atomic E-state index is 9.78. The zero-order chi connectivity index (χ0) is 44.4. The third-order valence-electron chi connectivity index (χ3n) is 13.2. The van der Waals surface area contributed by atoms with Crippen molar-refractivity contribution in [1.29, 1.82) is 5.26 Å². The predicted octanol–water partition coefficient (Wildman–Crippen LogP) is 16.3. The average molecular weight is 853 g/mol. The van der Waals surface area contributed by atoms with Gasteiger partial charge in [-0.05, 0) is 120 Å². The molecule has 310 valence electrons. The molecule has 0 amide bonds. The molecule has 2 heterocycles. The highest BCUT2D eigenvalue weighted by molar-refractivity contribution is 6.24. The number of furan rings is 1. The number of hydrogen-bond acceptors (Lipinski definition) is 5. The first-order chi connectivity index (χ1) is 33.1. The molecule has 0 fully saturated rings. The van der Waals surface area contributed by atoms with Crippen molar-refractivity contribution in [3.05, 3.63) is 224 Å². The van der Waals surface area contributed by atoms with E-state index >= 15 is 0 Å². The van der Waals surface area contributed by atoms with Crippen molar-refractivity contribution in [2.45, 2.75) is 0 Å². The normalized spacial score (nSPS) is 11.6. The van der Waals surface area contributed by atoms with Crippen LogP contribution in [0.2, 0.25) is 0 Å². The fourth-order valence-electron chi connectivity index (χ4n) is 9.95. The third kappa shape index (κ3) is 6.43. The molecule has 0 bridgehead atoms. The Hall–Kier alpha value is -9.24. The maximum atomic E-state index is 9.78. The molecule has 0 aliphatic heterocycles. The van der Waals surface area contributed by atoms with E-state index in [1.165, 1.54) is 37.9 Å². The van der Waals surface area contributed by atoms with E-state index in [0.29, 0.717) is 23.0 Å². The molecular weight excluding hydrogens is 817 g/mol. The summed E-state index contributed by atoms with van der Waals surface area (Å²) in [4.78, 5) is 15.4. The number of nitriles is 1. The van der Waals surface area contributed by atoms with Crippen molar-refractivity contribution in [3.63, 3.8) is 0 Å². The quantitative estimate of drug-likeness (QED) is 0.156. The van der Waals surface area contributed by atoms with Crippen LogP contribution >= 0.6 is 0 Å². The molecular formula is C62H36N4O. The van der Waals surface area contributed by atoms with Crippen LogP contribution in [0.3, 0.4) is 0 Å². The molecule has 0 spiro atoms. The van der Waals surface area contributed by atoms with Crippen molar-refractivity contribution < 1.29 is 4.42 Å². The SMILES string of the molecule is N#Cc1ccc(-c2ccc(-c3cc4c5ccccc5c(-c5cccc(-c6nc(-c7ccccc7)nc(-c7ccc8oc9ccccc9c8c7)n6)c5)cc4c4ccccc34)cc2)c2ccccc12. The van der Waals surface area contributed by atoms with Crippen molar-refractivity contribution in [3.8, 4) is 73.6 Å². The number of aromatic nitrogens is 3. The van der Waals surface area contributed by atoms with E-state index in [2.05, 4.69) is 140 Å². The number of para-hydroxylation sites is 1. The molecule has 0 saturated carbocycles. The molecule has 5 heteroatoms. The molecule has 2 aromatic heterocycles. The molecule has 13 rings (SSSR count). The van der Waals surface area contributed by atoms with Gasteiger partial charge in [-0.25, -0.2) is 15.0 Å². The standard InChI is InChI=1S/C62H36N4O/c63-37-44-29-31-46(47-18-5-4-17-45(44)47)38-25-27-39(28-26-38)53-35-55-51-22-9-7-20-49(51)54(36-56(55)50-21-8-6-19-48(50)53)41-15-12-16-42(33-41)61-64-60(40-13-2-1-3-14-40)65-62(66-61)43-30-32-59-57(34-43)52-23-10-11-24-58(52)67-59/h1-36H. The van der Waals surface area contributed by atoms with Gasteiger partial charge in [0.25, 0.3) is 0 Å². The fraction of sp³-hybridized carbons (Fsp3) is 0. The molecule has 0 unspecified atom stereocenters. The van der Waals surface area contributed by atoms with E-state index in [-0.39, 0.29) is 0 Å². The Morgan fingerprint density at radius 1 is 0.284 bits per heavy atom. The van der Waals surface area contributed by atoms with Crippen LogP contribution in [0.5, 0.6) is 0 Å². The van der Waals surface area contributed by atoms with Crippen LogP contribution in [-0.4, -0.2) is 15.0 Å². The zero-order valence-electron chi connectivity index (χ0n) is 36.0. The number of hydrogen-bond donors (Lipinski definition) is 0. The molecule has 0 aliphatic carbocycles. The first-order valence-corrected chi connectivity index (χ1v) is 22.4. The minimum atomic E-state index is 0.595. The molecule has 11 aromatic carbocycles. The summed E-state index contributed by atoms with van der Waals surface area (Å²) in [6.45, 7) is 0. The van der Waals surface area contributed by atoms with Gasteiger partial charge in [-0.1, -0.05) is 170 Å². The summed E-state index contributed by atoms with van der Waals surface area (Å²) in [6, 6.07) is 78.5. The molecule has 13 aromatic rings. The zero-order valence-corrected chi connectivity index (χ0v) is 36.0. The Morgan fingerprint density at radius 3 is 1.40 bits per heavy atom. The molecule has 0 radical (unpaired) electrons. The van der Waals surface area contributed by atoms with Gasteiger partial charge >= 0.3 is 0 Å². The van der Waals surface area contributed by atoms with Gasteiger partial charge in [0.2, 0.25) is 0 Å². The molecule has 0 atom stereocenters. The predicted molar refractivity (Wildman–Crippen MR) is 274 cm³/mol. The van der Waals surface area contributed by atoms with Crippen molar-refractivity contribution in [1.82, 2.24) is 15.0 Å². The Labute approximate surface area is 385 Å². The summed E-state index contributed by atoms with van der Waals surface area (Å²) in [6.07, 6.45) is 0. The van der Waals surface area contributed by atoms with Gasteiger partial charge in [-0.2, -0.15) is 5.26 Å². The second kappa shape index (κ2) is 15.5. The monoisotopic (exact) mass is 852 g/mol. The first-order valence-electron chi connectivity index (χ1n) is 22.4. The number of fused-ring (bicyclic) bond motifs is 9. The van der Waals surface area contributed by atoms with Gasteiger partial charge in [0, 0.05) is 32.8 Å². The van der Waals surface area contributed by atoms with Crippen LogP contribution in [0.15, 0.2) is 223 Å². The van der Waals surface area contributed by atoms with Crippen molar-refractivity contribution in [2.75, 3.05) is 0 Å². The number of benzene rings is 11. The topological polar surface area (TPSA) is 75.6 Å². The Morgan fingerprint density at radius 2 is 0.746 bits per heavy atom. The van der Waals surface area contributed by atoms with E-state index in [4.69, 9.17) is 19.4 Å².